The highest BCUT2D eigenvalue weighted by Gasteiger charge is 2.38. The largest absolute Gasteiger partial charge is 0.330 e. The summed E-state index contributed by atoms with van der Waals surface area (Å²) in [6, 6.07) is 0. The first kappa shape index (κ1) is 9.85. The molecule has 2 aliphatic rings. The van der Waals surface area contributed by atoms with Gasteiger partial charge < -0.3 is 5.73 Å². The quantitative estimate of drug-likeness (QED) is 0.739. The van der Waals surface area contributed by atoms with E-state index in [1.54, 1.807) is 0 Å². The van der Waals surface area contributed by atoms with Gasteiger partial charge in [-0.1, -0.05) is 6.92 Å². The van der Waals surface area contributed by atoms with E-state index in [0.717, 1.165) is 30.2 Å². The third-order valence-electron chi connectivity index (χ3n) is 3.79. The topological polar surface area (TPSA) is 26.0 Å². The highest BCUT2D eigenvalue weighted by atomic mass is 32.2. The smallest absolute Gasteiger partial charge is 0.00362 e. The Labute approximate surface area is 85.8 Å². The van der Waals surface area contributed by atoms with Crippen molar-refractivity contribution in [3.63, 3.8) is 0 Å². The fourth-order valence-electron chi connectivity index (χ4n) is 3.28. The Morgan fingerprint density at radius 3 is 2.38 bits per heavy atom. The van der Waals surface area contributed by atoms with Gasteiger partial charge in [-0.05, 0) is 61.0 Å². The predicted octanol–water partition coefficient (Wildman–Crippen LogP) is 2.36. The van der Waals surface area contributed by atoms with Crippen LogP contribution in [0.2, 0.25) is 0 Å². The van der Waals surface area contributed by atoms with Crippen molar-refractivity contribution in [2.75, 3.05) is 18.1 Å². The Morgan fingerprint density at radius 2 is 1.85 bits per heavy atom. The highest BCUT2D eigenvalue weighted by Crippen LogP contribution is 2.46. The average molecular weight is 199 g/mol. The molecule has 13 heavy (non-hydrogen) atoms. The first-order chi connectivity index (χ1) is 6.31. The lowest BCUT2D eigenvalue weighted by Crippen LogP contribution is -2.39. The molecule has 0 spiro atoms. The van der Waals surface area contributed by atoms with Gasteiger partial charge in [-0.3, -0.25) is 0 Å². The standard InChI is InChI=1S/C11H21NS/c1-8-4-9-6-13-7-10(5-8)11(9)2-3-12/h8-11H,2-7,12H2,1H3. The summed E-state index contributed by atoms with van der Waals surface area (Å²) < 4.78 is 0. The molecule has 1 saturated heterocycles. The third kappa shape index (κ3) is 2.04. The van der Waals surface area contributed by atoms with Crippen LogP contribution in [-0.2, 0) is 0 Å². The van der Waals surface area contributed by atoms with E-state index in [1.165, 1.54) is 30.8 Å². The molecule has 1 nitrogen and oxygen atoms in total. The predicted molar refractivity (Wildman–Crippen MR) is 59.9 cm³/mol. The summed E-state index contributed by atoms with van der Waals surface area (Å²) in [6.45, 7) is 3.32. The van der Waals surface area contributed by atoms with Crippen LogP contribution in [0.5, 0.6) is 0 Å². The number of fused-ring (bicyclic) bond motifs is 2. The van der Waals surface area contributed by atoms with Crippen molar-refractivity contribution >= 4 is 11.8 Å². The molecule has 2 unspecified atom stereocenters. The van der Waals surface area contributed by atoms with Crippen LogP contribution in [0.15, 0.2) is 0 Å². The summed E-state index contributed by atoms with van der Waals surface area (Å²) in [6.07, 6.45) is 4.21. The minimum Gasteiger partial charge on any atom is -0.330 e. The summed E-state index contributed by atoms with van der Waals surface area (Å²) in [5.41, 5.74) is 5.69. The van der Waals surface area contributed by atoms with Crippen molar-refractivity contribution in [3.05, 3.63) is 0 Å². The maximum absolute atomic E-state index is 5.69. The van der Waals surface area contributed by atoms with Gasteiger partial charge in [0.25, 0.3) is 0 Å². The molecule has 76 valence electrons. The van der Waals surface area contributed by atoms with E-state index in [-0.39, 0.29) is 0 Å². The first-order valence-electron chi connectivity index (χ1n) is 5.59. The fourth-order valence-corrected chi connectivity index (χ4v) is 4.79. The van der Waals surface area contributed by atoms with E-state index in [2.05, 4.69) is 18.7 Å². The molecule has 0 aromatic heterocycles. The number of nitrogens with two attached hydrogens (primary N) is 1. The maximum Gasteiger partial charge on any atom is -0.00362 e. The van der Waals surface area contributed by atoms with Crippen molar-refractivity contribution in [1.29, 1.82) is 0 Å². The van der Waals surface area contributed by atoms with Crippen LogP contribution in [0.3, 0.4) is 0 Å². The van der Waals surface area contributed by atoms with Gasteiger partial charge in [0.05, 0.1) is 0 Å². The van der Waals surface area contributed by atoms with Crippen molar-refractivity contribution in [2.45, 2.75) is 26.2 Å². The lowest BCUT2D eigenvalue weighted by molar-refractivity contribution is 0.128. The molecule has 2 bridgehead atoms. The molecule has 2 rings (SSSR count). The van der Waals surface area contributed by atoms with E-state index >= 15 is 0 Å². The van der Waals surface area contributed by atoms with Crippen LogP contribution < -0.4 is 5.73 Å². The van der Waals surface area contributed by atoms with E-state index in [1.807, 2.05) is 0 Å². The van der Waals surface area contributed by atoms with Crippen LogP contribution in [0.4, 0.5) is 0 Å². The summed E-state index contributed by atoms with van der Waals surface area (Å²) in [4.78, 5) is 0. The molecular formula is C11H21NS. The third-order valence-corrected chi connectivity index (χ3v) is 5.11. The zero-order valence-electron chi connectivity index (χ0n) is 8.54. The van der Waals surface area contributed by atoms with Gasteiger partial charge in [0.1, 0.15) is 0 Å². The Hall–Kier alpha value is 0.310. The molecule has 2 N–H and O–H groups in total. The van der Waals surface area contributed by atoms with Crippen molar-refractivity contribution < 1.29 is 0 Å². The summed E-state index contributed by atoms with van der Waals surface area (Å²) in [7, 11) is 0. The van der Waals surface area contributed by atoms with Crippen LogP contribution in [0, 0.1) is 23.7 Å². The van der Waals surface area contributed by atoms with Crippen LogP contribution >= 0.6 is 11.8 Å². The summed E-state index contributed by atoms with van der Waals surface area (Å²) in [5.74, 6) is 6.76. The minimum atomic E-state index is 0.900. The van der Waals surface area contributed by atoms with Gasteiger partial charge >= 0.3 is 0 Å². The molecule has 0 aromatic rings. The molecule has 1 saturated carbocycles. The van der Waals surface area contributed by atoms with E-state index in [9.17, 15) is 0 Å². The molecule has 1 aliphatic heterocycles. The maximum atomic E-state index is 5.69. The van der Waals surface area contributed by atoms with Gasteiger partial charge in [0, 0.05) is 0 Å². The van der Waals surface area contributed by atoms with Gasteiger partial charge in [-0.2, -0.15) is 11.8 Å². The molecule has 0 aromatic carbocycles. The van der Waals surface area contributed by atoms with Crippen LogP contribution in [-0.4, -0.2) is 18.1 Å². The average Bonchev–Trinajstić information content (AvgIpc) is 2.07. The molecule has 1 heterocycles. The summed E-state index contributed by atoms with van der Waals surface area (Å²) >= 11 is 2.18. The Bertz CT molecular complexity index is 157. The lowest BCUT2D eigenvalue weighted by Gasteiger charge is -2.44. The zero-order valence-corrected chi connectivity index (χ0v) is 9.35. The van der Waals surface area contributed by atoms with Gasteiger partial charge in [-0.25, -0.2) is 0 Å². The molecule has 1 aliphatic carbocycles. The Kier molecular flexibility index (Phi) is 3.20. The molecular weight excluding hydrogens is 178 g/mol. The van der Waals surface area contributed by atoms with Gasteiger partial charge in [-0.15, -0.1) is 0 Å². The molecule has 0 amide bonds. The van der Waals surface area contributed by atoms with Crippen molar-refractivity contribution in [3.8, 4) is 0 Å². The normalized spacial score (nSPS) is 44.8. The highest BCUT2D eigenvalue weighted by molar-refractivity contribution is 7.99. The SMILES string of the molecule is CC1CC2CSCC(C1)C2CCN. The number of rotatable bonds is 2. The summed E-state index contributed by atoms with van der Waals surface area (Å²) in [5, 5.41) is 0. The fraction of sp³-hybridized carbons (Fsp3) is 1.00. The molecule has 2 atom stereocenters. The second kappa shape index (κ2) is 4.22. The number of hydrogen-bond acceptors (Lipinski definition) is 2. The Balaban J connectivity index is 2.01. The molecule has 0 radical (unpaired) electrons. The molecule has 2 fully saturated rings. The Morgan fingerprint density at radius 1 is 1.23 bits per heavy atom. The van der Waals surface area contributed by atoms with Gasteiger partial charge in [0.2, 0.25) is 0 Å². The van der Waals surface area contributed by atoms with E-state index in [0.29, 0.717) is 0 Å². The zero-order chi connectivity index (χ0) is 9.26. The second-order valence-corrected chi connectivity index (χ2v) is 5.95. The van der Waals surface area contributed by atoms with Gasteiger partial charge in [0.15, 0.2) is 0 Å². The first-order valence-corrected chi connectivity index (χ1v) is 6.74. The number of thioether (sulfide) groups is 1. The van der Waals surface area contributed by atoms with E-state index in [4.69, 9.17) is 5.73 Å². The van der Waals surface area contributed by atoms with E-state index < -0.39 is 0 Å². The van der Waals surface area contributed by atoms with Crippen LogP contribution in [0.1, 0.15) is 26.2 Å². The van der Waals surface area contributed by atoms with Crippen molar-refractivity contribution in [1.82, 2.24) is 0 Å². The van der Waals surface area contributed by atoms with Crippen molar-refractivity contribution in [2.24, 2.45) is 29.4 Å². The molecule has 2 heteroatoms. The lowest BCUT2D eigenvalue weighted by atomic mass is 9.68. The van der Waals surface area contributed by atoms with Crippen LogP contribution in [0.25, 0.3) is 0 Å². The number of hydrogen-bond donors (Lipinski definition) is 1. The second-order valence-electron chi connectivity index (χ2n) is 4.88. The minimum absolute atomic E-state index is 0.900. The monoisotopic (exact) mass is 199 g/mol.